The highest BCUT2D eigenvalue weighted by Gasteiger charge is 2.75. The van der Waals surface area contributed by atoms with Gasteiger partial charge in [-0.3, -0.25) is 9.59 Å². The zero-order chi connectivity index (χ0) is 33.8. The molecule has 3 saturated carbocycles. The van der Waals surface area contributed by atoms with Gasteiger partial charge >= 0.3 is 5.97 Å². The van der Waals surface area contributed by atoms with E-state index in [1.165, 1.54) is 30.0 Å². The summed E-state index contributed by atoms with van der Waals surface area (Å²) in [6.07, 6.45) is 4.23. The quantitative estimate of drug-likeness (QED) is 0.225. The Labute approximate surface area is 286 Å². The van der Waals surface area contributed by atoms with Gasteiger partial charge in [-0.15, -0.1) is 11.8 Å². The van der Waals surface area contributed by atoms with Crippen LogP contribution in [0.4, 0.5) is 4.39 Å². The SMILES string of the molecule is C[C@]12C=CC(=O)C=C1CCC1C3CC[C@](OC(=O)c4ccc(CSc5ccc(O)c(Cl)c5)cc4)(C(=O)SCC#N)[C@@]3(C)C[C@H](O)C12F. The van der Waals surface area contributed by atoms with Crippen LogP contribution in [0.5, 0.6) is 5.75 Å². The van der Waals surface area contributed by atoms with Crippen molar-refractivity contribution >= 4 is 52.0 Å². The zero-order valence-electron chi connectivity index (χ0n) is 26.0. The number of alkyl halides is 1. The highest BCUT2D eigenvalue weighted by Crippen LogP contribution is 2.70. The van der Waals surface area contributed by atoms with Crippen LogP contribution in [-0.2, 0) is 20.1 Å². The number of hydrogen-bond donors (Lipinski definition) is 2. The van der Waals surface area contributed by atoms with Crippen molar-refractivity contribution in [2.75, 3.05) is 5.75 Å². The number of esters is 1. The van der Waals surface area contributed by atoms with E-state index in [9.17, 15) is 29.9 Å². The summed E-state index contributed by atoms with van der Waals surface area (Å²) in [6.45, 7) is 3.55. The molecule has 0 heterocycles. The second-order valence-electron chi connectivity index (χ2n) is 13.4. The third kappa shape index (κ3) is 5.34. The van der Waals surface area contributed by atoms with Gasteiger partial charge in [0.15, 0.2) is 17.1 Å². The van der Waals surface area contributed by atoms with Crippen LogP contribution in [0.3, 0.4) is 0 Å². The lowest BCUT2D eigenvalue weighted by Crippen LogP contribution is -2.69. The number of halogens is 2. The third-order valence-corrected chi connectivity index (χ3v) is 13.4. The number of benzene rings is 2. The Bertz CT molecular complexity index is 1740. The molecular weight excluding hydrogens is 661 g/mol. The topological polar surface area (TPSA) is 125 Å². The van der Waals surface area contributed by atoms with Crippen molar-refractivity contribution in [3.8, 4) is 11.8 Å². The maximum Gasteiger partial charge on any atom is 0.339 e. The fraction of sp³-hybridized carbons (Fsp3) is 0.444. The number of ether oxygens (including phenoxy) is 1. The molecule has 4 aliphatic rings. The molecule has 4 aliphatic carbocycles. The van der Waals surface area contributed by atoms with Crippen LogP contribution < -0.4 is 0 Å². The first kappa shape index (κ1) is 33.8. The first-order valence-corrected chi connectivity index (χ1v) is 17.9. The second-order valence-corrected chi connectivity index (χ2v) is 15.8. The fourth-order valence-electron chi connectivity index (χ4n) is 8.66. The highest BCUT2D eigenvalue weighted by molar-refractivity contribution is 8.14. The van der Waals surface area contributed by atoms with Gasteiger partial charge in [-0.2, -0.15) is 5.26 Å². The maximum absolute atomic E-state index is 17.6. The minimum Gasteiger partial charge on any atom is -0.506 e. The van der Waals surface area contributed by atoms with Crippen molar-refractivity contribution in [2.24, 2.45) is 22.7 Å². The summed E-state index contributed by atoms with van der Waals surface area (Å²) in [4.78, 5) is 40.8. The number of carbonyl (C=O) groups is 3. The number of nitrogens with zero attached hydrogens (tertiary/aromatic N) is 1. The lowest BCUT2D eigenvalue weighted by Gasteiger charge is -2.62. The van der Waals surface area contributed by atoms with E-state index < -0.39 is 51.1 Å². The highest BCUT2D eigenvalue weighted by atomic mass is 35.5. The first-order valence-electron chi connectivity index (χ1n) is 15.6. The number of phenols is 1. The summed E-state index contributed by atoms with van der Waals surface area (Å²) in [5.41, 5.74) is -4.22. The van der Waals surface area contributed by atoms with Crippen LogP contribution >= 0.6 is 35.1 Å². The van der Waals surface area contributed by atoms with Crippen LogP contribution in [0.25, 0.3) is 0 Å². The average Bonchev–Trinajstić information content (AvgIpc) is 3.33. The molecule has 0 aromatic heterocycles. The molecule has 6 rings (SSSR count). The average molecular weight is 696 g/mol. The molecule has 2 N–H and O–H groups in total. The minimum absolute atomic E-state index is 0.00809. The lowest BCUT2D eigenvalue weighted by atomic mass is 9.45. The van der Waals surface area contributed by atoms with Gasteiger partial charge in [0.1, 0.15) is 5.75 Å². The molecule has 0 radical (unpaired) electrons. The summed E-state index contributed by atoms with van der Waals surface area (Å²) >= 11 is 8.31. The van der Waals surface area contributed by atoms with Crippen molar-refractivity contribution in [3.05, 3.63) is 82.4 Å². The molecule has 0 spiro atoms. The molecule has 11 heteroatoms. The molecule has 0 aliphatic heterocycles. The van der Waals surface area contributed by atoms with Gasteiger partial charge in [-0.25, -0.2) is 9.18 Å². The fourth-order valence-corrected chi connectivity index (χ4v) is 10.6. The number of allylic oxidation sites excluding steroid dienone is 4. The molecule has 47 heavy (non-hydrogen) atoms. The van der Waals surface area contributed by atoms with Gasteiger partial charge < -0.3 is 14.9 Å². The number of ketones is 1. The number of nitriles is 1. The molecule has 0 saturated heterocycles. The van der Waals surface area contributed by atoms with E-state index in [2.05, 4.69) is 0 Å². The summed E-state index contributed by atoms with van der Waals surface area (Å²) in [7, 11) is 0. The number of carbonyl (C=O) groups excluding carboxylic acids is 3. The van der Waals surface area contributed by atoms with Gasteiger partial charge in [-0.1, -0.05) is 54.1 Å². The molecular formula is C36H35ClFNO6S2. The lowest BCUT2D eigenvalue weighted by molar-refractivity contribution is -0.214. The van der Waals surface area contributed by atoms with Gasteiger partial charge in [0.05, 0.1) is 28.5 Å². The second kappa shape index (κ2) is 12.4. The summed E-state index contributed by atoms with van der Waals surface area (Å²) < 4.78 is 23.8. The number of rotatable bonds is 7. The Morgan fingerprint density at radius 3 is 2.60 bits per heavy atom. The molecule has 2 aromatic rings. The largest absolute Gasteiger partial charge is 0.506 e. The van der Waals surface area contributed by atoms with Crippen LogP contribution in [0.1, 0.15) is 61.9 Å². The summed E-state index contributed by atoms with van der Waals surface area (Å²) in [5.74, 6) is -1.50. The molecule has 2 aromatic carbocycles. The van der Waals surface area contributed by atoms with Crippen molar-refractivity contribution in [1.82, 2.24) is 0 Å². The molecule has 7 atom stereocenters. The predicted molar refractivity (Wildman–Crippen MR) is 179 cm³/mol. The number of aliphatic hydroxyl groups is 1. The molecule has 246 valence electrons. The van der Waals surface area contributed by atoms with E-state index in [0.717, 1.165) is 22.2 Å². The van der Waals surface area contributed by atoms with Crippen molar-refractivity contribution in [2.45, 2.75) is 74.0 Å². The Balaban J connectivity index is 1.27. The number of fused-ring (bicyclic) bond motifs is 5. The Hall–Kier alpha value is -3.10. The van der Waals surface area contributed by atoms with Crippen LogP contribution in [0, 0.1) is 34.0 Å². The van der Waals surface area contributed by atoms with Gasteiger partial charge in [0.2, 0.25) is 5.12 Å². The smallest absolute Gasteiger partial charge is 0.339 e. The van der Waals surface area contributed by atoms with Crippen LogP contribution in [-0.4, -0.2) is 50.2 Å². The van der Waals surface area contributed by atoms with Crippen molar-refractivity contribution < 1.29 is 33.7 Å². The standard InChI is InChI=1S/C36H35ClFNO6S2/c1-33-13-11-24(40)17-23(33)7-9-27-26-12-14-35(32(44)46-16-15-39,34(26,2)19-30(42)36(27,33)38)45-31(43)22-5-3-21(4-6-22)20-47-25-8-10-29(41)28(37)18-25/h3-6,8,10-11,13,17-18,26-27,30,41-42H,7,9,12,14,16,19-20H2,1-2H3/t26?,27?,30-,33-,34-,35-,36?/m0/s1. The first-order chi connectivity index (χ1) is 22.3. The maximum atomic E-state index is 17.6. The van der Waals surface area contributed by atoms with Gasteiger partial charge in [0, 0.05) is 27.4 Å². The van der Waals surface area contributed by atoms with Crippen LogP contribution in [0.15, 0.2) is 71.2 Å². The normalized spacial score (nSPS) is 34.0. The predicted octanol–water partition coefficient (Wildman–Crippen LogP) is 7.39. The van der Waals surface area contributed by atoms with Gasteiger partial charge in [-0.05, 0) is 93.0 Å². The minimum atomic E-state index is -2.08. The van der Waals surface area contributed by atoms with Gasteiger partial charge in [0.25, 0.3) is 0 Å². The van der Waals surface area contributed by atoms with E-state index in [1.807, 2.05) is 13.0 Å². The van der Waals surface area contributed by atoms with E-state index in [-0.39, 0.29) is 40.7 Å². The number of aliphatic hydroxyl groups excluding tert-OH is 1. The number of thioether (sulfide) groups is 2. The monoisotopic (exact) mass is 695 g/mol. The van der Waals surface area contributed by atoms with E-state index in [0.29, 0.717) is 30.6 Å². The third-order valence-electron chi connectivity index (χ3n) is 11.1. The number of phenolic OH excluding ortho intramolecular Hbond substituents is 1. The van der Waals surface area contributed by atoms with Crippen molar-refractivity contribution in [3.63, 3.8) is 0 Å². The van der Waals surface area contributed by atoms with E-state index in [4.69, 9.17) is 16.3 Å². The Morgan fingerprint density at radius 2 is 1.89 bits per heavy atom. The molecule has 3 unspecified atom stereocenters. The number of aromatic hydroxyl groups is 1. The molecule has 0 bridgehead atoms. The van der Waals surface area contributed by atoms with Crippen LogP contribution in [0.2, 0.25) is 5.02 Å². The Kier molecular flexibility index (Phi) is 8.92. The molecule has 7 nitrogen and oxygen atoms in total. The number of hydrogen-bond acceptors (Lipinski definition) is 9. The molecule has 0 amide bonds. The summed E-state index contributed by atoms with van der Waals surface area (Å²) in [5, 5.41) is 30.5. The van der Waals surface area contributed by atoms with Crippen molar-refractivity contribution in [1.29, 1.82) is 5.26 Å². The summed E-state index contributed by atoms with van der Waals surface area (Å²) in [6, 6.07) is 13.8. The zero-order valence-corrected chi connectivity index (χ0v) is 28.4. The van der Waals surface area contributed by atoms with E-state index >= 15 is 4.39 Å². The Morgan fingerprint density at radius 1 is 1.15 bits per heavy atom. The van der Waals surface area contributed by atoms with E-state index in [1.54, 1.807) is 49.4 Å². The molecule has 3 fully saturated rings.